The summed E-state index contributed by atoms with van der Waals surface area (Å²) in [5.41, 5.74) is 2.81. The van der Waals surface area contributed by atoms with Crippen molar-refractivity contribution in [2.75, 3.05) is 36.7 Å². The molecule has 0 unspecified atom stereocenters. The molecule has 1 amide bonds. The van der Waals surface area contributed by atoms with Gasteiger partial charge in [-0.05, 0) is 67.6 Å². The second-order valence-electron chi connectivity index (χ2n) is 7.49. The predicted octanol–water partition coefficient (Wildman–Crippen LogP) is 3.52. The first kappa shape index (κ1) is 20.1. The van der Waals surface area contributed by atoms with Crippen molar-refractivity contribution in [2.24, 2.45) is 0 Å². The maximum Gasteiger partial charge on any atom is 0.306 e. The zero-order chi connectivity index (χ0) is 20.8. The van der Waals surface area contributed by atoms with Gasteiger partial charge < -0.3 is 24.4 Å². The number of nitrogens with one attached hydrogen (secondary N) is 1. The quantitative estimate of drug-likeness (QED) is 0.704. The summed E-state index contributed by atoms with van der Waals surface area (Å²) < 4.78 is 15.7. The van der Waals surface area contributed by atoms with Gasteiger partial charge in [0, 0.05) is 30.9 Å². The number of hydrogen-bond donors (Lipinski definition) is 1. The van der Waals surface area contributed by atoms with E-state index in [2.05, 4.69) is 10.2 Å². The van der Waals surface area contributed by atoms with Gasteiger partial charge in [-0.1, -0.05) is 6.07 Å². The number of esters is 1. The molecule has 2 aliphatic heterocycles. The smallest absolute Gasteiger partial charge is 0.306 e. The minimum Gasteiger partial charge on any atom is -0.456 e. The second kappa shape index (κ2) is 9.52. The van der Waals surface area contributed by atoms with Crippen molar-refractivity contribution in [2.45, 2.75) is 32.1 Å². The van der Waals surface area contributed by atoms with Crippen LogP contribution in [-0.2, 0) is 20.7 Å². The van der Waals surface area contributed by atoms with E-state index in [-0.39, 0.29) is 25.7 Å². The highest BCUT2D eigenvalue weighted by atomic mass is 16.7. The van der Waals surface area contributed by atoms with Gasteiger partial charge in [-0.2, -0.15) is 0 Å². The minimum atomic E-state index is -0.414. The summed E-state index contributed by atoms with van der Waals surface area (Å²) in [6.07, 6.45) is 4.43. The highest BCUT2D eigenvalue weighted by Gasteiger charge is 2.15. The van der Waals surface area contributed by atoms with Crippen molar-refractivity contribution in [1.82, 2.24) is 0 Å². The molecular formula is C23H26N2O5. The van der Waals surface area contributed by atoms with Crippen LogP contribution in [0.4, 0.5) is 11.4 Å². The molecule has 2 aromatic rings. The molecule has 0 spiro atoms. The third-order valence-electron chi connectivity index (χ3n) is 5.29. The maximum absolute atomic E-state index is 12.1. The second-order valence-corrected chi connectivity index (χ2v) is 7.49. The Balaban J connectivity index is 1.18. The number of anilines is 2. The van der Waals surface area contributed by atoms with E-state index < -0.39 is 5.97 Å². The molecule has 30 heavy (non-hydrogen) atoms. The molecule has 0 aliphatic carbocycles. The number of rotatable bonds is 7. The number of carbonyl (C=O) groups is 2. The van der Waals surface area contributed by atoms with E-state index in [0.29, 0.717) is 23.6 Å². The van der Waals surface area contributed by atoms with Crippen LogP contribution in [0, 0.1) is 0 Å². The lowest BCUT2D eigenvalue weighted by molar-refractivity contribution is -0.147. The first-order chi connectivity index (χ1) is 14.7. The zero-order valence-corrected chi connectivity index (χ0v) is 16.9. The molecule has 1 saturated heterocycles. The van der Waals surface area contributed by atoms with Gasteiger partial charge in [0.25, 0.3) is 5.91 Å². The van der Waals surface area contributed by atoms with E-state index in [9.17, 15) is 9.59 Å². The number of hydrogen-bond acceptors (Lipinski definition) is 6. The van der Waals surface area contributed by atoms with E-state index in [4.69, 9.17) is 14.2 Å². The summed E-state index contributed by atoms with van der Waals surface area (Å²) >= 11 is 0. The van der Waals surface area contributed by atoms with E-state index in [0.717, 1.165) is 18.7 Å². The first-order valence-corrected chi connectivity index (χ1v) is 10.4. The molecule has 158 valence electrons. The Kier molecular flexibility index (Phi) is 6.37. The van der Waals surface area contributed by atoms with Crippen LogP contribution in [0.15, 0.2) is 42.5 Å². The maximum atomic E-state index is 12.1. The van der Waals surface area contributed by atoms with Gasteiger partial charge in [-0.25, -0.2) is 0 Å². The molecule has 1 N–H and O–H groups in total. The van der Waals surface area contributed by atoms with Crippen molar-refractivity contribution in [3.05, 3.63) is 48.0 Å². The van der Waals surface area contributed by atoms with Crippen LogP contribution < -0.4 is 19.7 Å². The lowest BCUT2D eigenvalue weighted by atomic mass is 10.1. The van der Waals surface area contributed by atoms with Crippen LogP contribution in [0.25, 0.3) is 0 Å². The average molecular weight is 410 g/mol. The predicted molar refractivity (Wildman–Crippen MR) is 113 cm³/mol. The van der Waals surface area contributed by atoms with Gasteiger partial charge >= 0.3 is 5.97 Å². The van der Waals surface area contributed by atoms with Crippen molar-refractivity contribution in [3.63, 3.8) is 0 Å². The lowest BCUT2D eigenvalue weighted by Gasteiger charge is -2.28. The summed E-state index contributed by atoms with van der Waals surface area (Å²) in [7, 11) is 0. The summed E-state index contributed by atoms with van der Waals surface area (Å²) in [6.45, 7) is 2.08. The summed E-state index contributed by atoms with van der Waals surface area (Å²) in [5, 5.41) is 2.76. The number of aryl methyl sites for hydroxylation is 1. The Morgan fingerprint density at radius 1 is 0.967 bits per heavy atom. The van der Waals surface area contributed by atoms with Crippen LogP contribution in [-0.4, -0.2) is 38.4 Å². The monoisotopic (exact) mass is 410 g/mol. The van der Waals surface area contributed by atoms with Crippen LogP contribution >= 0.6 is 0 Å². The molecule has 0 bridgehead atoms. The molecule has 2 aromatic carbocycles. The van der Waals surface area contributed by atoms with Crippen molar-refractivity contribution in [1.29, 1.82) is 0 Å². The van der Waals surface area contributed by atoms with Crippen molar-refractivity contribution >= 4 is 23.3 Å². The number of carbonyl (C=O) groups excluding carboxylic acids is 2. The summed E-state index contributed by atoms with van der Waals surface area (Å²) in [5.74, 6) is 0.633. The number of fused-ring (bicyclic) bond motifs is 1. The highest BCUT2D eigenvalue weighted by molar-refractivity contribution is 5.93. The Hall–Kier alpha value is -3.22. The zero-order valence-electron chi connectivity index (χ0n) is 16.9. The Bertz CT molecular complexity index is 891. The Morgan fingerprint density at radius 3 is 2.53 bits per heavy atom. The molecule has 0 aromatic heterocycles. The highest BCUT2D eigenvalue weighted by Crippen LogP contribution is 2.32. The van der Waals surface area contributed by atoms with Gasteiger partial charge in [-0.15, -0.1) is 0 Å². The Morgan fingerprint density at radius 2 is 1.73 bits per heavy atom. The van der Waals surface area contributed by atoms with Crippen LogP contribution in [0.3, 0.4) is 0 Å². The average Bonchev–Trinajstić information content (AvgIpc) is 3.25. The largest absolute Gasteiger partial charge is 0.456 e. The molecule has 4 rings (SSSR count). The van der Waals surface area contributed by atoms with Gasteiger partial charge in [-0.3, -0.25) is 9.59 Å². The molecule has 7 heteroatoms. The fourth-order valence-electron chi connectivity index (χ4n) is 3.67. The van der Waals surface area contributed by atoms with E-state index >= 15 is 0 Å². The molecule has 0 radical (unpaired) electrons. The molecule has 7 nitrogen and oxygen atoms in total. The lowest BCUT2D eigenvalue weighted by Crippen LogP contribution is -2.29. The summed E-state index contributed by atoms with van der Waals surface area (Å²) in [6, 6.07) is 13.4. The fraction of sp³-hybridized carbons (Fsp3) is 0.391. The standard InChI is InChI=1S/C23H26N2O5/c26-22(24-18-6-8-19(9-7-18)25-12-2-1-3-13-25)15-28-23(27)11-5-17-4-10-20-21(14-17)30-16-29-20/h4,6-10,14H,1-3,5,11-13,15-16H2,(H,24,26). The normalized spacial score (nSPS) is 15.0. The minimum absolute atomic E-state index is 0.192. The fourth-order valence-corrected chi connectivity index (χ4v) is 3.67. The van der Waals surface area contributed by atoms with Gasteiger partial charge in [0.1, 0.15) is 0 Å². The van der Waals surface area contributed by atoms with Crippen LogP contribution in [0.2, 0.25) is 0 Å². The molecule has 2 aliphatic rings. The van der Waals surface area contributed by atoms with Crippen LogP contribution in [0.1, 0.15) is 31.2 Å². The number of piperidine rings is 1. The number of amides is 1. The van der Waals surface area contributed by atoms with Gasteiger partial charge in [0.05, 0.1) is 0 Å². The van der Waals surface area contributed by atoms with Gasteiger partial charge in [0.2, 0.25) is 6.79 Å². The number of benzene rings is 2. The molecule has 2 heterocycles. The third-order valence-corrected chi connectivity index (χ3v) is 5.29. The molecular weight excluding hydrogens is 384 g/mol. The van der Waals surface area contributed by atoms with Crippen LogP contribution in [0.5, 0.6) is 11.5 Å². The van der Waals surface area contributed by atoms with Crippen molar-refractivity contribution in [3.8, 4) is 11.5 Å². The topological polar surface area (TPSA) is 77.1 Å². The third kappa shape index (κ3) is 5.23. The summed E-state index contributed by atoms with van der Waals surface area (Å²) in [4.78, 5) is 26.4. The van der Waals surface area contributed by atoms with E-state index in [1.807, 2.05) is 42.5 Å². The van der Waals surface area contributed by atoms with Crippen molar-refractivity contribution < 1.29 is 23.8 Å². The molecule has 1 fully saturated rings. The number of nitrogens with zero attached hydrogens (tertiary/aromatic N) is 1. The molecule has 0 atom stereocenters. The number of ether oxygens (including phenoxy) is 3. The first-order valence-electron chi connectivity index (χ1n) is 10.4. The van der Waals surface area contributed by atoms with E-state index in [1.165, 1.54) is 24.9 Å². The SMILES string of the molecule is O=C(COC(=O)CCc1ccc2c(c1)OCO2)Nc1ccc(N2CCCCC2)cc1. The van der Waals surface area contributed by atoms with Gasteiger partial charge in [0.15, 0.2) is 18.1 Å². The molecule has 0 saturated carbocycles. The Labute approximate surface area is 175 Å². The van der Waals surface area contributed by atoms with E-state index in [1.54, 1.807) is 0 Å².